The number of nitrogens with one attached hydrogen (secondary N) is 1. The van der Waals surface area contributed by atoms with Crippen molar-refractivity contribution in [3.63, 3.8) is 0 Å². The predicted octanol–water partition coefficient (Wildman–Crippen LogP) is 9.84. The van der Waals surface area contributed by atoms with Gasteiger partial charge in [-0.05, 0) is 57.2 Å². The molecule has 1 N–H and O–H groups in total. The van der Waals surface area contributed by atoms with Crippen LogP contribution in [0.1, 0.15) is 143 Å². The van der Waals surface area contributed by atoms with E-state index in [9.17, 15) is 18.4 Å². The molecular weight excluding hydrogens is 524 g/mol. The second kappa shape index (κ2) is 21.5. The highest BCUT2D eigenvalue weighted by Gasteiger charge is 2.27. The summed E-state index contributed by atoms with van der Waals surface area (Å²) in [5.74, 6) is -1.86. The summed E-state index contributed by atoms with van der Waals surface area (Å²) in [6.45, 7) is 9.88. The first-order valence-corrected chi connectivity index (χ1v) is 16.1. The van der Waals surface area contributed by atoms with Crippen molar-refractivity contribution in [3.8, 4) is 0 Å². The maximum atomic E-state index is 13.8. The van der Waals surface area contributed by atoms with Crippen LogP contribution in [0.5, 0.6) is 0 Å². The molecule has 0 aliphatic rings. The maximum absolute atomic E-state index is 13.8. The van der Waals surface area contributed by atoms with Crippen LogP contribution in [0.2, 0.25) is 0 Å². The van der Waals surface area contributed by atoms with Crippen LogP contribution >= 0.6 is 0 Å². The van der Waals surface area contributed by atoms with Gasteiger partial charge < -0.3 is 14.8 Å². The minimum atomic E-state index is -1.12. The normalized spacial score (nSPS) is 12.4. The summed E-state index contributed by atoms with van der Waals surface area (Å²) in [6.07, 6.45) is 18.3. The Bertz CT molecular complexity index is 817. The third kappa shape index (κ3) is 19.6. The molecule has 0 aromatic heterocycles. The minimum absolute atomic E-state index is 0.104. The molecule has 0 unspecified atom stereocenters. The van der Waals surface area contributed by atoms with Gasteiger partial charge in [0.05, 0.1) is 6.61 Å². The van der Waals surface area contributed by atoms with E-state index in [0.29, 0.717) is 0 Å². The average Bonchev–Trinajstić information content (AvgIpc) is 2.88. The fourth-order valence-electron chi connectivity index (χ4n) is 5.00. The predicted molar refractivity (Wildman–Crippen MR) is 163 cm³/mol. The van der Waals surface area contributed by atoms with E-state index < -0.39 is 35.3 Å². The third-order valence-electron chi connectivity index (χ3n) is 7.23. The Balaban J connectivity index is 2.77. The molecule has 0 aliphatic heterocycles. The molecule has 1 atom stereocenters. The molecule has 1 aromatic carbocycles. The van der Waals surface area contributed by atoms with E-state index in [1.54, 1.807) is 20.8 Å². The Kier molecular flexibility index (Phi) is 19.3. The number of carbonyl (C=O) groups is 2. The highest BCUT2D eigenvalue weighted by Crippen LogP contribution is 2.21. The Morgan fingerprint density at radius 1 is 0.756 bits per heavy atom. The van der Waals surface area contributed by atoms with Gasteiger partial charge in [-0.2, -0.15) is 0 Å². The second-order valence-electron chi connectivity index (χ2n) is 12.5. The highest BCUT2D eigenvalue weighted by atomic mass is 19.1. The molecule has 41 heavy (non-hydrogen) atoms. The van der Waals surface area contributed by atoms with Crippen LogP contribution < -0.4 is 5.32 Å². The summed E-state index contributed by atoms with van der Waals surface area (Å²) < 4.78 is 38.7. The summed E-state index contributed by atoms with van der Waals surface area (Å²) in [5, 5.41) is 2.56. The van der Waals surface area contributed by atoms with E-state index in [4.69, 9.17) is 9.47 Å². The number of alkyl carbamates (subject to hydrolysis) is 1. The molecule has 5 nitrogen and oxygen atoms in total. The largest absolute Gasteiger partial charge is 0.464 e. The van der Waals surface area contributed by atoms with Crippen molar-refractivity contribution in [1.82, 2.24) is 5.32 Å². The number of amides is 1. The quantitative estimate of drug-likeness (QED) is 0.109. The Morgan fingerprint density at radius 3 is 1.68 bits per heavy atom. The van der Waals surface area contributed by atoms with Crippen LogP contribution in [0.4, 0.5) is 13.6 Å². The fraction of sp³-hybridized carbons (Fsp3) is 0.765. The van der Waals surface area contributed by atoms with Crippen LogP contribution in [0, 0.1) is 17.6 Å². The van der Waals surface area contributed by atoms with Gasteiger partial charge in [-0.1, -0.05) is 104 Å². The number of benzene rings is 1. The first-order valence-electron chi connectivity index (χ1n) is 16.1. The molecule has 7 heteroatoms. The molecule has 1 amide bonds. The van der Waals surface area contributed by atoms with Crippen LogP contribution in [0.15, 0.2) is 18.2 Å². The van der Waals surface area contributed by atoms with Crippen LogP contribution in [-0.2, 0) is 20.7 Å². The Hall–Kier alpha value is -2.18. The first-order chi connectivity index (χ1) is 19.5. The lowest BCUT2D eigenvalue weighted by Crippen LogP contribution is -2.45. The summed E-state index contributed by atoms with van der Waals surface area (Å²) in [4.78, 5) is 25.7. The van der Waals surface area contributed by atoms with E-state index in [2.05, 4.69) is 19.2 Å². The molecule has 0 spiro atoms. The first kappa shape index (κ1) is 36.8. The van der Waals surface area contributed by atoms with Crippen molar-refractivity contribution in [2.24, 2.45) is 5.92 Å². The molecule has 1 rings (SSSR count). The molecule has 0 aliphatic carbocycles. The van der Waals surface area contributed by atoms with Crippen molar-refractivity contribution < 1.29 is 27.8 Å². The van der Waals surface area contributed by atoms with Gasteiger partial charge in [-0.3, -0.25) is 0 Å². The summed E-state index contributed by atoms with van der Waals surface area (Å²) in [7, 11) is 0. The number of carbonyl (C=O) groups excluding carboxylic acids is 2. The van der Waals surface area contributed by atoms with Gasteiger partial charge in [0, 0.05) is 12.5 Å². The Morgan fingerprint density at radius 2 is 1.22 bits per heavy atom. The lowest BCUT2D eigenvalue weighted by atomic mass is 9.94. The van der Waals surface area contributed by atoms with Gasteiger partial charge in [0.15, 0.2) is 0 Å². The van der Waals surface area contributed by atoms with Crippen LogP contribution in [0.25, 0.3) is 0 Å². The molecule has 1 aromatic rings. The second-order valence-corrected chi connectivity index (χ2v) is 12.5. The topological polar surface area (TPSA) is 64.6 Å². The van der Waals surface area contributed by atoms with E-state index in [0.717, 1.165) is 43.9 Å². The molecular formula is C34H57F2NO4. The zero-order valence-electron chi connectivity index (χ0n) is 26.5. The zero-order valence-corrected chi connectivity index (χ0v) is 26.5. The highest BCUT2D eigenvalue weighted by molar-refractivity contribution is 5.81. The number of esters is 1. The van der Waals surface area contributed by atoms with Gasteiger partial charge in [-0.25, -0.2) is 18.4 Å². The SMILES string of the molecule is CCCCCCCCCC(CCCCCCCCC)COC(=O)[C@H](Cc1cc(F)cc(F)c1)NC(=O)OC(C)(C)C. The average molecular weight is 582 g/mol. The van der Waals surface area contributed by atoms with E-state index >= 15 is 0 Å². The Labute approximate surface area is 248 Å². The number of hydrogen-bond donors (Lipinski definition) is 1. The molecule has 0 heterocycles. The van der Waals surface area contributed by atoms with Gasteiger partial charge in [0.25, 0.3) is 0 Å². The van der Waals surface area contributed by atoms with E-state index in [1.165, 1.54) is 77.0 Å². The summed E-state index contributed by atoms with van der Waals surface area (Å²) in [5.41, 5.74) is -0.509. The maximum Gasteiger partial charge on any atom is 0.408 e. The van der Waals surface area contributed by atoms with Crippen LogP contribution in [0.3, 0.4) is 0 Å². The number of unbranched alkanes of at least 4 members (excludes halogenated alkanes) is 12. The van der Waals surface area contributed by atoms with Gasteiger partial charge in [0.1, 0.15) is 23.3 Å². The van der Waals surface area contributed by atoms with Gasteiger partial charge in [-0.15, -0.1) is 0 Å². The number of halogens is 2. The summed E-state index contributed by atoms with van der Waals surface area (Å²) in [6, 6.07) is 1.97. The van der Waals surface area contributed by atoms with Crippen molar-refractivity contribution >= 4 is 12.1 Å². The van der Waals surface area contributed by atoms with Crippen molar-refractivity contribution in [3.05, 3.63) is 35.4 Å². The molecule has 0 bridgehead atoms. The number of ether oxygens (including phenoxy) is 2. The standard InChI is InChI=1S/C34H57F2NO4/c1-6-8-10-12-14-16-18-20-27(21-19-17-15-13-11-9-7-2)26-40-32(38)31(37-33(39)41-34(3,4)5)24-28-22-29(35)25-30(36)23-28/h22-23,25,27,31H,6-21,24,26H2,1-5H3,(H,37,39)/t31-/m0/s1. The van der Waals surface area contributed by atoms with Crippen molar-refractivity contribution in [1.29, 1.82) is 0 Å². The lowest BCUT2D eigenvalue weighted by Gasteiger charge is -2.24. The van der Waals surface area contributed by atoms with Crippen molar-refractivity contribution in [2.75, 3.05) is 6.61 Å². The van der Waals surface area contributed by atoms with Gasteiger partial charge >= 0.3 is 12.1 Å². The monoisotopic (exact) mass is 581 g/mol. The molecule has 0 fully saturated rings. The zero-order chi connectivity index (χ0) is 30.5. The third-order valence-corrected chi connectivity index (χ3v) is 7.23. The van der Waals surface area contributed by atoms with Gasteiger partial charge in [0.2, 0.25) is 0 Å². The number of rotatable bonds is 22. The smallest absolute Gasteiger partial charge is 0.408 e. The number of hydrogen-bond acceptors (Lipinski definition) is 4. The molecule has 0 radical (unpaired) electrons. The summed E-state index contributed by atoms with van der Waals surface area (Å²) >= 11 is 0. The molecule has 0 saturated carbocycles. The fourth-order valence-corrected chi connectivity index (χ4v) is 5.00. The molecule has 0 saturated heterocycles. The van der Waals surface area contributed by atoms with E-state index in [1.807, 2.05) is 0 Å². The van der Waals surface area contributed by atoms with E-state index in [-0.39, 0.29) is 24.5 Å². The van der Waals surface area contributed by atoms with Crippen molar-refractivity contribution in [2.45, 2.75) is 155 Å². The van der Waals surface area contributed by atoms with Crippen LogP contribution in [-0.4, -0.2) is 30.3 Å². The molecule has 236 valence electrons. The lowest BCUT2D eigenvalue weighted by molar-refractivity contribution is -0.147. The minimum Gasteiger partial charge on any atom is -0.464 e.